The van der Waals surface area contributed by atoms with Gasteiger partial charge in [0.15, 0.2) is 11.9 Å². The first-order valence-corrected chi connectivity index (χ1v) is 49.4. The number of likely N-dealkylation sites (N-methyl/N-ethyl adjacent to an activating group) is 1. The number of amides is 16. The maximum atomic E-state index is 15.6. The lowest BCUT2D eigenvalue weighted by Crippen LogP contribution is -2.63. The second-order valence-corrected chi connectivity index (χ2v) is 38.3. The van der Waals surface area contributed by atoms with Crippen LogP contribution in [-0.2, 0) is 114 Å². The monoisotopic (exact) mass is 2050 g/mol. The Labute approximate surface area is 855 Å². The predicted octanol–water partition coefficient (Wildman–Crippen LogP) is -0.448. The van der Waals surface area contributed by atoms with Crippen LogP contribution < -0.4 is 102 Å². The summed E-state index contributed by atoms with van der Waals surface area (Å²) >= 11 is 0.699. The highest BCUT2D eigenvalue weighted by Crippen LogP contribution is 2.25. The molecular weight excluding hydrogens is 1910 g/mol. The second-order valence-electron chi connectivity index (χ2n) is 37.2. The van der Waals surface area contributed by atoms with Crippen molar-refractivity contribution in [1.82, 2.24) is 95.0 Å². The molecule has 1 aromatic heterocycles. The van der Waals surface area contributed by atoms with Crippen molar-refractivity contribution in [3.05, 3.63) is 197 Å². The van der Waals surface area contributed by atoms with Gasteiger partial charge in [-0.25, -0.2) is 0 Å². The Balaban J connectivity index is 1.25. The largest absolute Gasteiger partial charge is 0.508 e. The number of para-hydroxylation sites is 1. The van der Waals surface area contributed by atoms with E-state index in [0.29, 0.717) is 44.9 Å². The molecule has 1 saturated heterocycles. The molecule has 1 aliphatic heterocycles. The highest BCUT2D eigenvalue weighted by atomic mass is 32.2. The Morgan fingerprint density at radius 2 is 0.871 bits per heavy atom. The summed E-state index contributed by atoms with van der Waals surface area (Å²) in [5.41, 5.74) is 21.3. The quantitative estimate of drug-likeness (QED) is 0.0160. The fraction of sp³-hybridized carbons (Fsp3) is 0.431. The van der Waals surface area contributed by atoms with Gasteiger partial charge in [0.1, 0.15) is 96.4 Å². The zero-order chi connectivity index (χ0) is 108. The fourth-order valence-corrected chi connectivity index (χ4v) is 16.8. The topological polar surface area (TPSA) is 712 Å². The fourth-order valence-electron chi connectivity index (χ4n) is 16.0. The molecule has 788 valence electrons. The number of H-pyrrole nitrogens is 1. The maximum Gasteiger partial charge on any atom is 0.305 e. The molecule has 1 fully saturated rings. The number of fused-ring (bicyclic) bond motifs is 1. The number of hydrogen-bond acceptors (Lipinski definition) is 23. The van der Waals surface area contributed by atoms with Gasteiger partial charge in [-0.1, -0.05) is 169 Å². The van der Waals surface area contributed by atoms with E-state index in [4.69, 9.17) is 28.0 Å². The number of nitrogens with two attached hydrogens (primary N) is 3. The van der Waals surface area contributed by atoms with Crippen LogP contribution in [0.4, 0.5) is 0 Å². The van der Waals surface area contributed by atoms with Crippen molar-refractivity contribution in [2.45, 2.75) is 230 Å². The third kappa shape index (κ3) is 37.0. The smallest absolute Gasteiger partial charge is 0.305 e. The van der Waals surface area contributed by atoms with Crippen molar-refractivity contribution in [1.29, 1.82) is 16.1 Å². The number of nitriles is 1. The Morgan fingerprint density at radius 3 is 1.38 bits per heavy atom. The highest BCUT2D eigenvalue weighted by Gasteiger charge is 2.42. The van der Waals surface area contributed by atoms with E-state index in [1.54, 1.807) is 113 Å². The lowest BCUT2D eigenvalue weighted by molar-refractivity contribution is -0.142. The number of phenolic OH excluding ortho intramolecular Hbond substituents is 1. The number of carboxylic acid groups (broad SMARTS) is 1. The standard InChI is InChI=1S/C102H134N24O20S/c1-54(2)43-73-94(140)124-84(56(5)6)98(144)125-85(59(9)127)99(145)122-80(96(142)112-57(7)86(104)132)52-147-53-81(129)113-74(44-60-21-13-11-14-22-60)89(135)118-76(47-63-35-39-68(128)40-36-63)92(138)120-79(49-82(130)131)93(139)119-78(48-67-51-111-70-26-18-17-25-69(67)70)95(141)123-83(55(3)4)97(143)121-77(46-62-33-37-66(38-34-62)65-23-15-12-16-24-65)91(137)115-72(28-20-42-110-102(107)108)100(146)126(10)58(8)87(133)116-75(45-61-29-31-64(50-103)32-30-61)90(136)114-71(88(134)117-73)27-19-41-109-101(105)106/h11-18,21-26,29-40,51,54-59,71-80,83-85,111,127-128H,19-20,27-28,41-49,52-53H2,1-10H3,(H2,104,132)(H,112,142)(H,113,129)(H,114,136)(H,115,137)(H,116,133)(H,117,134)(H,118,135)(H,119,139)(H,120,138)(H,121,143)(H,122,145)(H,123,141)(H,124,140)(H,125,144)(H,130,131)(H4,105,106,109)(H4,107,108,110)/t57-,58-,59+,71-,72-,73-,74-,75+,76-,77-,78-,79-,80-,83-,84-,85-/m0/s1. The summed E-state index contributed by atoms with van der Waals surface area (Å²) in [4.78, 5) is 256. The molecule has 0 radical (unpaired) electrons. The van der Waals surface area contributed by atoms with Gasteiger partial charge in [0.05, 0.1) is 29.9 Å². The molecule has 0 aliphatic carbocycles. The molecule has 7 aromatic rings. The molecule has 0 bridgehead atoms. The molecule has 45 heteroatoms. The number of aromatic amines is 1. The molecule has 0 spiro atoms. The van der Waals surface area contributed by atoms with Crippen LogP contribution in [0.2, 0.25) is 0 Å². The van der Waals surface area contributed by atoms with E-state index in [1.165, 1.54) is 83.3 Å². The molecular formula is C102H134N24O20S. The number of carboxylic acids is 1. The van der Waals surface area contributed by atoms with E-state index in [9.17, 15) is 54.1 Å². The van der Waals surface area contributed by atoms with Gasteiger partial charge in [-0.2, -0.15) is 5.26 Å². The van der Waals surface area contributed by atoms with Crippen LogP contribution in [0.5, 0.6) is 5.75 Å². The first kappa shape index (κ1) is 116. The number of carbonyl (C=O) groups excluding carboxylic acids is 16. The number of aliphatic hydroxyl groups excluding tert-OH is 1. The Morgan fingerprint density at radius 1 is 0.469 bits per heavy atom. The van der Waals surface area contributed by atoms with Crippen molar-refractivity contribution in [3.63, 3.8) is 0 Å². The lowest BCUT2D eigenvalue weighted by Gasteiger charge is -2.32. The van der Waals surface area contributed by atoms with Crippen molar-refractivity contribution < 1.29 is 96.8 Å². The number of hydrogen-bond donors (Lipinski definition) is 25. The first-order chi connectivity index (χ1) is 69.8. The molecule has 44 nitrogen and oxygen atoms in total. The number of aliphatic hydroxyl groups is 1. The van der Waals surface area contributed by atoms with E-state index >= 15 is 47.9 Å². The molecule has 6 aromatic carbocycles. The van der Waals surface area contributed by atoms with Gasteiger partial charge in [0.2, 0.25) is 94.5 Å². The number of aromatic nitrogens is 1. The SMILES string of the molecule is CC(C)C[C@@H]1NC(=O)[C@H](CCCNC(=N)N)NC(=O)[C@@H](Cc2ccc(C#N)cc2)NC(=O)[C@H](C)N(C)C(=O)[C@H](CCCNC(=N)N)NC(=O)[C@H](Cc2ccc(-c3ccccc3)cc2)NC(=O)[C@H](C(C)C)NC(=O)[C@H](Cc2c[nH]c3ccccc23)NC(=O)[C@H](CC(=O)O)NC(=O)[C@H](Cc2ccc(O)cc2)NC(=O)[C@H](Cc2ccccc2)NC(=O)CSC[C@@H](C(=O)N[C@@H](C)C(N)=O)NC(=O)[C@H]([C@@H](C)O)NC(=O)[C@H](C(C)C)NC1=O. The van der Waals surface area contributed by atoms with Gasteiger partial charge in [0, 0.05) is 75.1 Å². The van der Waals surface area contributed by atoms with Gasteiger partial charge in [0.25, 0.3) is 0 Å². The van der Waals surface area contributed by atoms with E-state index in [0.717, 1.165) is 23.0 Å². The number of phenols is 1. The zero-order valence-corrected chi connectivity index (χ0v) is 84.3. The number of nitrogens with zero attached hydrogens (tertiary/aromatic N) is 2. The van der Waals surface area contributed by atoms with E-state index < -0.39 is 258 Å². The number of carbonyl (C=O) groups is 17. The van der Waals surface area contributed by atoms with E-state index in [1.807, 2.05) is 36.4 Å². The normalized spacial score (nSPS) is 22.4. The van der Waals surface area contributed by atoms with Crippen molar-refractivity contribution in [3.8, 4) is 22.9 Å². The van der Waals surface area contributed by atoms with Crippen LogP contribution in [0.1, 0.15) is 134 Å². The number of rotatable bonds is 29. The van der Waals surface area contributed by atoms with Crippen LogP contribution in [0, 0.1) is 39.9 Å². The Hall–Kier alpha value is -16.0. The molecule has 0 unspecified atom stereocenters. The summed E-state index contributed by atoms with van der Waals surface area (Å²) in [5, 5.41) is 100. The summed E-state index contributed by atoms with van der Waals surface area (Å²) in [6.07, 6.45) is -3.77. The number of thioether (sulfide) groups is 1. The summed E-state index contributed by atoms with van der Waals surface area (Å²) < 4.78 is 0. The molecule has 16 atom stereocenters. The minimum absolute atomic E-state index is 0.00637. The Bertz CT molecular complexity index is 5830. The highest BCUT2D eigenvalue weighted by molar-refractivity contribution is 8.00. The number of nitrogens with one attached hydrogen (secondary N) is 19. The van der Waals surface area contributed by atoms with E-state index in [2.05, 4.69) is 90.1 Å². The van der Waals surface area contributed by atoms with Crippen molar-refractivity contribution in [2.24, 2.45) is 35.0 Å². The van der Waals surface area contributed by atoms with E-state index in [-0.39, 0.29) is 81.3 Å². The molecule has 0 saturated carbocycles. The minimum atomic E-state index is -2.10. The van der Waals surface area contributed by atoms with Gasteiger partial charge < -0.3 is 127 Å². The number of aliphatic carboxylic acids is 1. The van der Waals surface area contributed by atoms with Crippen molar-refractivity contribution in [2.75, 3.05) is 31.6 Å². The number of guanidine groups is 2. The Kier molecular flexibility index (Phi) is 45.0. The summed E-state index contributed by atoms with van der Waals surface area (Å²) in [7, 11) is 1.24. The number of benzene rings is 6. The van der Waals surface area contributed by atoms with Crippen LogP contribution >= 0.6 is 11.8 Å². The number of aromatic hydroxyl groups is 1. The molecule has 28 N–H and O–H groups in total. The van der Waals surface area contributed by atoms with Crippen LogP contribution in [0.3, 0.4) is 0 Å². The molecule has 147 heavy (non-hydrogen) atoms. The molecule has 1 aliphatic rings. The zero-order valence-electron chi connectivity index (χ0n) is 83.5. The third-order valence-electron chi connectivity index (χ3n) is 24.3. The summed E-state index contributed by atoms with van der Waals surface area (Å²) in [5.74, 6) is -22.7. The lowest BCUT2D eigenvalue weighted by atomic mass is 9.98. The molecule has 8 rings (SSSR count). The first-order valence-electron chi connectivity index (χ1n) is 48.2. The van der Waals surface area contributed by atoms with Crippen molar-refractivity contribution >= 4 is 135 Å². The second kappa shape index (κ2) is 56.9. The van der Waals surface area contributed by atoms with Gasteiger partial charge >= 0.3 is 5.97 Å². The van der Waals surface area contributed by atoms with Gasteiger partial charge in [-0.05, 0) is 140 Å². The van der Waals surface area contributed by atoms with Crippen LogP contribution in [0.25, 0.3) is 22.0 Å². The van der Waals surface area contributed by atoms with Gasteiger partial charge in [-0.3, -0.25) is 92.3 Å². The number of primary amides is 1. The minimum Gasteiger partial charge on any atom is -0.508 e. The predicted molar refractivity (Wildman–Crippen MR) is 547 cm³/mol. The maximum absolute atomic E-state index is 15.6. The van der Waals surface area contributed by atoms with Crippen LogP contribution in [-0.4, -0.2) is 266 Å². The van der Waals surface area contributed by atoms with Crippen LogP contribution in [0.15, 0.2) is 164 Å². The van der Waals surface area contributed by atoms with Gasteiger partial charge in [-0.15, -0.1) is 11.8 Å². The molecule has 2 heterocycles. The summed E-state index contributed by atoms with van der Waals surface area (Å²) in [6, 6.07) is 19.5. The average Bonchev–Trinajstić information content (AvgIpc) is 1.63. The third-order valence-corrected chi connectivity index (χ3v) is 25.4. The molecule has 16 amide bonds. The average molecular weight is 2050 g/mol. The summed E-state index contributed by atoms with van der Waals surface area (Å²) in [6.45, 7) is 13.2.